The van der Waals surface area contributed by atoms with Gasteiger partial charge in [-0.3, -0.25) is 4.79 Å². The molecule has 4 nitrogen and oxygen atoms in total. The first-order valence-electron chi connectivity index (χ1n) is 6.63. The van der Waals surface area contributed by atoms with E-state index in [0.29, 0.717) is 24.5 Å². The molecule has 1 aromatic carbocycles. The van der Waals surface area contributed by atoms with Gasteiger partial charge in [-0.05, 0) is 39.8 Å². The van der Waals surface area contributed by atoms with Crippen LogP contribution in [0.3, 0.4) is 0 Å². The number of rotatable bonds is 8. The molecule has 0 bridgehead atoms. The molecular weight excluding hydrogens is 244 g/mol. The van der Waals surface area contributed by atoms with E-state index < -0.39 is 6.29 Å². The highest BCUT2D eigenvalue weighted by Crippen LogP contribution is 2.22. The van der Waals surface area contributed by atoms with E-state index in [-0.39, 0.29) is 11.9 Å². The Morgan fingerprint density at radius 1 is 1.11 bits per heavy atom. The van der Waals surface area contributed by atoms with E-state index in [1.54, 1.807) is 18.2 Å². The van der Waals surface area contributed by atoms with Crippen molar-refractivity contribution in [2.45, 2.75) is 40.1 Å². The number of benzene rings is 1. The summed E-state index contributed by atoms with van der Waals surface area (Å²) in [6, 6.07) is 7.15. The Hall–Kier alpha value is -1.39. The van der Waals surface area contributed by atoms with Gasteiger partial charge in [0, 0.05) is 13.2 Å². The summed E-state index contributed by atoms with van der Waals surface area (Å²) >= 11 is 0. The van der Waals surface area contributed by atoms with Crippen molar-refractivity contribution in [2.24, 2.45) is 0 Å². The Labute approximate surface area is 114 Å². The predicted molar refractivity (Wildman–Crippen MR) is 73.6 cm³/mol. The van der Waals surface area contributed by atoms with Crippen LogP contribution in [-0.4, -0.2) is 31.4 Å². The Morgan fingerprint density at radius 3 is 2.21 bits per heavy atom. The smallest absolute Gasteiger partial charge is 0.222 e. The molecular formula is C15H22O4. The fourth-order valence-corrected chi connectivity index (χ4v) is 1.66. The van der Waals surface area contributed by atoms with Gasteiger partial charge in [-0.25, -0.2) is 0 Å². The largest absolute Gasteiger partial charge is 0.490 e. The lowest BCUT2D eigenvalue weighted by Gasteiger charge is -2.18. The zero-order chi connectivity index (χ0) is 14.3. The molecule has 0 heterocycles. The summed E-state index contributed by atoms with van der Waals surface area (Å²) in [5.41, 5.74) is 0.489. The first-order valence-corrected chi connectivity index (χ1v) is 6.63. The molecule has 0 saturated carbocycles. The Bertz CT molecular complexity index is 395. The fourth-order valence-electron chi connectivity index (χ4n) is 1.66. The highest BCUT2D eigenvalue weighted by Gasteiger charge is 2.23. The molecule has 0 aliphatic heterocycles. The SMILES string of the molecule is CCOC(OCC)C(=O)c1ccccc1OC(C)C. The average Bonchev–Trinajstić information content (AvgIpc) is 2.38. The van der Waals surface area contributed by atoms with Crippen LogP contribution in [0.1, 0.15) is 38.1 Å². The van der Waals surface area contributed by atoms with Gasteiger partial charge in [0.1, 0.15) is 5.75 Å². The minimum Gasteiger partial charge on any atom is -0.490 e. The molecule has 0 fully saturated rings. The Kier molecular flexibility index (Phi) is 6.53. The van der Waals surface area contributed by atoms with Crippen molar-refractivity contribution in [3.8, 4) is 5.75 Å². The Morgan fingerprint density at radius 2 is 1.68 bits per heavy atom. The molecule has 0 radical (unpaired) electrons. The molecule has 0 saturated heterocycles. The van der Waals surface area contributed by atoms with Gasteiger partial charge >= 0.3 is 0 Å². The van der Waals surface area contributed by atoms with Crippen LogP contribution < -0.4 is 4.74 Å². The van der Waals surface area contributed by atoms with Gasteiger partial charge in [-0.2, -0.15) is 0 Å². The lowest BCUT2D eigenvalue weighted by molar-refractivity contribution is -0.107. The van der Waals surface area contributed by atoms with Gasteiger partial charge in [0.2, 0.25) is 12.1 Å². The number of carbonyl (C=O) groups excluding carboxylic acids is 1. The van der Waals surface area contributed by atoms with Crippen molar-refractivity contribution >= 4 is 5.78 Å². The second-order valence-corrected chi connectivity index (χ2v) is 4.27. The number of para-hydroxylation sites is 1. The molecule has 0 aliphatic rings. The molecule has 0 spiro atoms. The van der Waals surface area contributed by atoms with Crippen LogP contribution in [0.5, 0.6) is 5.75 Å². The second kappa shape index (κ2) is 7.92. The van der Waals surface area contributed by atoms with Crippen LogP contribution in [0.2, 0.25) is 0 Å². The van der Waals surface area contributed by atoms with Crippen molar-refractivity contribution in [1.82, 2.24) is 0 Å². The van der Waals surface area contributed by atoms with Gasteiger partial charge in [-0.15, -0.1) is 0 Å². The number of hydrogen-bond donors (Lipinski definition) is 0. The molecule has 106 valence electrons. The maximum Gasteiger partial charge on any atom is 0.222 e. The van der Waals surface area contributed by atoms with Crippen LogP contribution in [0.4, 0.5) is 0 Å². The second-order valence-electron chi connectivity index (χ2n) is 4.27. The maximum absolute atomic E-state index is 12.4. The van der Waals surface area contributed by atoms with Crippen LogP contribution in [0.25, 0.3) is 0 Å². The zero-order valence-corrected chi connectivity index (χ0v) is 12.0. The van der Waals surface area contributed by atoms with E-state index in [1.165, 1.54) is 0 Å². The molecule has 0 unspecified atom stereocenters. The highest BCUT2D eigenvalue weighted by atomic mass is 16.7. The van der Waals surface area contributed by atoms with Crippen molar-refractivity contribution in [2.75, 3.05) is 13.2 Å². The van der Waals surface area contributed by atoms with E-state index in [2.05, 4.69) is 0 Å². The molecule has 0 aliphatic carbocycles. The van der Waals surface area contributed by atoms with Crippen LogP contribution in [0, 0.1) is 0 Å². The molecule has 4 heteroatoms. The topological polar surface area (TPSA) is 44.8 Å². The summed E-state index contributed by atoms with van der Waals surface area (Å²) in [6.45, 7) is 8.34. The van der Waals surface area contributed by atoms with E-state index in [4.69, 9.17) is 14.2 Å². The van der Waals surface area contributed by atoms with Crippen molar-refractivity contribution in [1.29, 1.82) is 0 Å². The summed E-state index contributed by atoms with van der Waals surface area (Å²) in [5, 5.41) is 0. The van der Waals surface area contributed by atoms with Crippen molar-refractivity contribution in [3.63, 3.8) is 0 Å². The van der Waals surface area contributed by atoms with E-state index in [0.717, 1.165) is 0 Å². The summed E-state index contributed by atoms with van der Waals surface area (Å²) < 4.78 is 16.3. The lowest BCUT2D eigenvalue weighted by Crippen LogP contribution is -2.28. The van der Waals surface area contributed by atoms with Gasteiger partial charge in [0.25, 0.3) is 0 Å². The molecule has 0 aromatic heterocycles. The lowest BCUT2D eigenvalue weighted by atomic mass is 10.1. The monoisotopic (exact) mass is 266 g/mol. The third kappa shape index (κ3) is 4.65. The first kappa shape index (κ1) is 15.7. The number of hydrogen-bond acceptors (Lipinski definition) is 4. The Balaban J connectivity index is 2.96. The molecule has 0 atom stereocenters. The number of Topliss-reactive ketones (excluding diaryl/α,β-unsaturated/α-hetero) is 1. The summed E-state index contributed by atoms with van der Waals surface area (Å²) in [7, 11) is 0. The molecule has 1 aromatic rings. The predicted octanol–water partition coefficient (Wildman–Crippen LogP) is 3.06. The molecule has 1 rings (SSSR count). The summed E-state index contributed by atoms with van der Waals surface area (Å²) in [4.78, 5) is 12.4. The highest BCUT2D eigenvalue weighted by molar-refractivity contribution is 6.01. The number of ether oxygens (including phenoxy) is 3. The summed E-state index contributed by atoms with van der Waals surface area (Å²) in [5.74, 6) is 0.354. The number of ketones is 1. The molecule has 0 amide bonds. The third-order valence-corrected chi connectivity index (χ3v) is 2.37. The van der Waals surface area contributed by atoms with E-state index >= 15 is 0 Å². The van der Waals surface area contributed by atoms with Gasteiger partial charge in [0.15, 0.2) is 0 Å². The number of carbonyl (C=O) groups is 1. The van der Waals surface area contributed by atoms with E-state index in [9.17, 15) is 4.79 Å². The first-order chi connectivity index (χ1) is 9.10. The summed E-state index contributed by atoms with van der Waals surface area (Å²) in [6.07, 6.45) is -0.863. The third-order valence-electron chi connectivity index (χ3n) is 2.37. The van der Waals surface area contributed by atoms with Gasteiger partial charge in [-0.1, -0.05) is 12.1 Å². The van der Waals surface area contributed by atoms with Gasteiger partial charge in [0.05, 0.1) is 11.7 Å². The fraction of sp³-hybridized carbons (Fsp3) is 0.533. The van der Waals surface area contributed by atoms with Crippen LogP contribution >= 0.6 is 0 Å². The quantitative estimate of drug-likeness (QED) is 0.536. The molecule has 0 N–H and O–H groups in total. The van der Waals surface area contributed by atoms with Gasteiger partial charge < -0.3 is 14.2 Å². The standard InChI is InChI=1S/C15H22O4/c1-5-17-15(18-6-2)14(16)12-9-7-8-10-13(12)19-11(3)4/h7-11,15H,5-6H2,1-4H3. The minimum atomic E-state index is -0.869. The zero-order valence-electron chi connectivity index (χ0n) is 12.0. The average molecular weight is 266 g/mol. The normalized spacial score (nSPS) is 11.1. The minimum absolute atomic E-state index is 0.00610. The van der Waals surface area contributed by atoms with Crippen LogP contribution in [-0.2, 0) is 9.47 Å². The van der Waals surface area contributed by atoms with Crippen molar-refractivity contribution < 1.29 is 19.0 Å². The van der Waals surface area contributed by atoms with Crippen molar-refractivity contribution in [3.05, 3.63) is 29.8 Å². The molecule has 19 heavy (non-hydrogen) atoms. The maximum atomic E-state index is 12.4. The van der Waals surface area contributed by atoms with E-state index in [1.807, 2.05) is 33.8 Å². The van der Waals surface area contributed by atoms with Crippen LogP contribution in [0.15, 0.2) is 24.3 Å².